The summed E-state index contributed by atoms with van der Waals surface area (Å²) >= 11 is 0. The molecule has 0 saturated carbocycles. The van der Waals surface area contributed by atoms with E-state index in [1.807, 2.05) is 13.8 Å². The quantitative estimate of drug-likeness (QED) is 0.455. The van der Waals surface area contributed by atoms with Gasteiger partial charge in [-0.25, -0.2) is 10.2 Å². The van der Waals surface area contributed by atoms with Gasteiger partial charge < -0.3 is 9.47 Å². The normalized spacial score (nSPS) is 9.77. The number of nitrogens with one attached hydrogen (secondary N) is 1. The van der Waals surface area contributed by atoms with E-state index in [9.17, 15) is 9.59 Å². The Kier molecular flexibility index (Phi) is 7.67. The van der Waals surface area contributed by atoms with Gasteiger partial charge in [-0.1, -0.05) is 13.8 Å². The SMILES string of the molecule is CCOC(=O)c1ccc(OCC(=O)NN=C(CC)CC)cc1. The minimum Gasteiger partial charge on any atom is -0.484 e. The van der Waals surface area contributed by atoms with E-state index in [1.54, 1.807) is 31.2 Å². The van der Waals surface area contributed by atoms with E-state index in [4.69, 9.17) is 9.47 Å². The molecular weight excluding hydrogens is 284 g/mol. The number of hydrogen-bond acceptors (Lipinski definition) is 5. The number of hydrazone groups is 1. The van der Waals surface area contributed by atoms with Crippen LogP contribution in [0.3, 0.4) is 0 Å². The summed E-state index contributed by atoms with van der Waals surface area (Å²) in [6.45, 7) is 5.91. The lowest BCUT2D eigenvalue weighted by Gasteiger charge is -2.07. The molecule has 0 aliphatic carbocycles. The lowest BCUT2D eigenvalue weighted by Crippen LogP contribution is -2.25. The molecule has 120 valence electrons. The van der Waals surface area contributed by atoms with Gasteiger partial charge in [0.1, 0.15) is 5.75 Å². The second-order valence-corrected chi connectivity index (χ2v) is 4.45. The van der Waals surface area contributed by atoms with Crippen LogP contribution in [0.4, 0.5) is 0 Å². The molecule has 1 N–H and O–H groups in total. The van der Waals surface area contributed by atoms with Crippen molar-refractivity contribution in [1.82, 2.24) is 5.43 Å². The van der Waals surface area contributed by atoms with Gasteiger partial charge in [0.15, 0.2) is 6.61 Å². The molecule has 0 saturated heterocycles. The van der Waals surface area contributed by atoms with E-state index in [1.165, 1.54) is 0 Å². The first-order chi connectivity index (χ1) is 10.6. The zero-order valence-electron chi connectivity index (χ0n) is 13.2. The van der Waals surface area contributed by atoms with Crippen LogP contribution >= 0.6 is 0 Å². The number of carbonyl (C=O) groups is 2. The monoisotopic (exact) mass is 306 g/mol. The summed E-state index contributed by atoms with van der Waals surface area (Å²) < 4.78 is 10.2. The molecule has 0 heterocycles. The Labute approximate surface area is 130 Å². The summed E-state index contributed by atoms with van der Waals surface area (Å²) in [5.41, 5.74) is 3.82. The van der Waals surface area contributed by atoms with Gasteiger partial charge >= 0.3 is 5.97 Å². The van der Waals surface area contributed by atoms with Crippen molar-refractivity contribution in [3.63, 3.8) is 0 Å². The van der Waals surface area contributed by atoms with Gasteiger partial charge in [-0.15, -0.1) is 0 Å². The van der Waals surface area contributed by atoms with Crippen LogP contribution in [0, 0.1) is 0 Å². The molecule has 1 aromatic rings. The summed E-state index contributed by atoms with van der Waals surface area (Å²) in [5, 5.41) is 4.01. The number of ether oxygens (including phenoxy) is 2. The van der Waals surface area contributed by atoms with Crippen molar-refractivity contribution in [3.8, 4) is 5.75 Å². The number of benzene rings is 1. The summed E-state index contributed by atoms with van der Waals surface area (Å²) in [6.07, 6.45) is 1.60. The highest BCUT2D eigenvalue weighted by Crippen LogP contribution is 2.12. The van der Waals surface area contributed by atoms with Crippen molar-refractivity contribution < 1.29 is 19.1 Å². The second-order valence-electron chi connectivity index (χ2n) is 4.45. The highest BCUT2D eigenvalue weighted by molar-refractivity contribution is 5.89. The standard InChI is InChI=1S/C16H22N2O4/c1-4-13(5-2)17-18-15(19)11-22-14-9-7-12(8-10-14)16(20)21-6-3/h7-10H,4-6,11H2,1-3H3,(H,18,19). The van der Waals surface area contributed by atoms with Crippen molar-refractivity contribution in [2.75, 3.05) is 13.2 Å². The summed E-state index contributed by atoms with van der Waals surface area (Å²) in [5.74, 6) is -0.208. The average molecular weight is 306 g/mol. The van der Waals surface area contributed by atoms with E-state index < -0.39 is 0 Å². The van der Waals surface area contributed by atoms with E-state index in [2.05, 4.69) is 10.5 Å². The number of nitrogens with zero attached hydrogens (tertiary/aromatic N) is 1. The molecule has 1 aromatic carbocycles. The number of carbonyl (C=O) groups excluding carboxylic acids is 2. The van der Waals surface area contributed by atoms with Crippen LogP contribution in [0.15, 0.2) is 29.4 Å². The van der Waals surface area contributed by atoms with Crippen LogP contribution in [0.5, 0.6) is 5.75 Å². The Morgan fingerprint density at radius 2 is 1.73 bits per heavy atom. The molecule has 0 aromatic heterocycles. The first kappa shape index (κ1) is 17.7. The van der Waals surface area contributed by atoms with Crippen molar-refractivity contribution in [2.45, 2.75) is 33.6 Å². The summed E-state index contributed by atoms with van der Waals surface area (Å²) in [7, 11) is 0. The molecule has 0 aliphatic heterocycles. The zero-order valence-corrected chi connectivity index (χ0v) is 13.2. The fourth-order valence-corrected chi connectivity index (χ4v) is 1.63. The highest BCUT2D eigenvalue weighted by Gasteiger charge is 2.07. The Bertz CT molecular complexity index is 517. The lowest BCUT2D eigenvalue weighted by atomic mass is 10.2. The molecule has 0 atom stereocenters. The van der Waals surface area contributed by atoms with Crippen molar-refractivity contribution >= 4 is 17.6 Å². The summed E-state index contributed by atoms with van der Waals surface area (Å²) in [6, 6.07) is 6.42. The smallest absolute Gasteiger partial charge is 0.338 e. The fourth-order valence-electron chi connectivity index (χ4n) is 1.63. The topological polar surface area (TPSA) is 77.0 Å². The molecule has 0 aliphatic rings. The summed E-state index contributed by atoms with van der Waals surface area (Å²) in [4.78, 5) is 23.1. The maximum Gasteiger partial charge on any atom is 0.338 e. The van der Waals surface area contributed by atoms with Crippen molar-refractivity contribution in [3.05, 3.63) is 29.8 Å². The highest BCUT2D eigenvalue weighted by atomic mass is 16.5. The van der Waals surface area contributed by atoms with Gasteiger partial charge in [-0.3, -0.25) is 4.79 Å². The van der Waals surface area contributed by atoms with Gasteiger partial charge in [0.25, 0.3) is 5.91 Å². The third kappa shape index (κ3) is 5.95. The minimum atomic E-state index is -0.382. The Morgan fingerprint density at radius 1 is 1.09 bits per heavy atom. The first-order valence-electron chi connectivity index (χ1n) is 7.34. The third-order valence-electron chi connectivity index (χ3n) is 2.89. The van der Waals surface area contributed by atoms with E-state index >= 15 is 0 Å². The maximum absolute atomic E-state index is 11.6. The van der Waals surface area contributed by atoms with Gasteiger partial charge in [-0.05, 0) is 44.0 Å². The van der Waals surface area contributed by atoms with Crippen LogP contribution in [0.25, 0.3) is 0 Å². The molecule has 6 nitrogen and oxygen atoms in total. The van der Waals surface area contributed by atoms with Gasteiger partial charge in [0.2, 0.25) is 0 Å². The molecule has 0 radical (unpaired) electrons. The molecule has 0 bridgehead atoms. The van der Waals surface area contributed by atoms with E-state index in [0.717, 1.165) is 18.6 Å². The van der Waals surface area contributed by atoms with Gasteiger partial charge in [0, 0.05) is 5.71 Å². The molecule has 1 rings (SSSR count). The van der Waals surface area contributed by atoms with E-state index in [-0.39, 0.29) is 18.5 Å². The van der Waals surface area contributed by atoms with Crippen LogP contribution < -0.4 is 10.2 Å². The maximum atomic E-state index is 11.6. The Morgan fingerprint density at radius 3 is 2.27 bits per heavy atom. The lowest BCUT2D eigenvalue weighted by molar-refractivity contribution is -0.123. The molecule has 6 heteroatoms. The number of rotatable bonds is 8. The Balaban J connectivity index is 2.46. The minimum absolute atomic E-state index is 0.136. The third-order valence-corrected chi connectivity index (χ3v) is 2.89. The van der Waals surface area contributed by atoms with Crippen LogP contribution in [-0.2, 0) is 9.53 Å². The number of amides is 1. The Hall–Kier alpha value is -2.37. The molecule has 0 unspecified atom stereocenters. The predicted molar refractivity (Wildman–Crippen MR) is 84.1 cm³/mol. The van der Waals surface area contributed by atoms with E-state index in [0.29, 0.717) is 17.9 Å². The van der Waals surface area contributed by atoms with Crippen molar-refractivity contribution in [2.24, 2.45) is 5.10 Å². The first-order valence-corrected chi connectivity index (χ1v) is 7.34. The van der Waals surface area contributed by atoms with Crippen LogP contribution in [-0.4, -0.2) is 30.8 Å². The molecule has 0 fully saturated rings. The molecule has 0 spiro atoms. The zero-order chi connectivity index (χ0) is 16.4. The molecule has 22 heavy (non-hydrogen) atoms. The molecular formula is C16H22N2O4. The second kappa shape index (κ2) is 9.55. The van der Waals surface area contributed by atoms with Gasteiger partial charge in [0.05, 0.1) is 12.2 Å². The number of esters is 1. The van der Waals surface area contributed by atoms with Crippen LogP contribution in [0.1, 0.15) is 44.0 Å². The predicted octanol–water partition coefficient (Wildman–Crippen LogP) is 2.53. The van der Waals surface area contributed by atoms with Crippen molar-refractivity contribution in [1.29, 1.82) is 0 Å². The average Bonchev–Trinajstić information content (AvgIpc) is 2.54. The van der Waals surface area contributed by atoms with Gasteiger partial charge in [-0.2, -0.15) is 5.10 Å². The van der Waals surface area contributed by atoms with Crippen LogP contribution in [0.2, 0.25) is 0 Å². The number of hydrogen-bond donors (Lipinski definition) is 1. The largest absolute Gasteiger partial charge is 0.484 e. The molecule has 1 amide bonds. The fraction of sp³-hybridized carbons (Fsp3) is 0.438.